The second kappa shape index (κ2) is 9.73. The molecule has 2 aliphatic heterocycles. The van der Waals surface area contributed by atoms with Crippen molar-refractivity contribution < 1.29 is 8.78 Å². The molecule has 0 bridgehead atoms. The molecule has 138 valence electrons. The van der Waals surface area contributed by atoms with Gasteiger partial charge < -0.3 is 10.6 Å². The summed E-state index contributed by atoms with van der Waals surface area (Å²) in [4.78, 5) is 4.62. The summed E-state index contributed by atoms with van der Waals surface area (Å²) in [5.41, 5.74) is 2.29. The van der Waals surface area contributed by atoms with Crippen LogP contribution in [-0.2, 0) is 12.8 Å². The van der Waals surface area contributed by atoms with Crippen LogP contribution in [0, 0.1) is 5.92 Å². The lowest BCUT2D eigenvalue weighted by Crippen LogP contribution is -2.29. The molecule has 0 aliphatic carbocycles. The summed E-state index contributed by atoms with van der Waals surface area (Å²) in [7, 11) is 0. The topological polar surface area (TPSA) is 37.0 Å². The van der Waals surface area contributed by atoms with E-state index in [1.54, 1.807) is 0 Å². The van der Waals surface area contributed by atoms with Crippen LogP contribution in [-0.4, -0.2) is 30.5 Å². The second-order valence-corrected chi connectivity index (χ2v) is 6.50. The molecule has 3 nitrogen and oxygen atoms in total. The van der Waals surface area contributed by atoms with Crippen molar-refractivity contribution in [2.75, 3.05) is 25.0 Å². The highest BCUT2D eigenvalue weighted by atomic mass is 35.5. The third-order valence-electron chi connectivity index (χ3n) is 4.80. The van der Waals surface area contributed by atoms with Gasteiger partial charge in [-0.2, -0.15) is 0 Å². The van der Waals surface area contributed by atoms with E-state index in [2.05, 4.69) is 21.7 Å². The van der Waals surface area contributed by atoms with Crippen LogP contribution < -0.4 is 10.6 Å². The molecule has 1 atom stereocenters. The van der Waals surface area contributed by atoms with Crippen LogP contribution in [0.4, 0.5) is 14.6 Å². The van der Waals surface area contributed by atoms with E-state index in [4.69, 9.17) is 0 Å². The number of halogens is 4. The number of aryl methyl sites for hydroxylation is 2. The fourth-order valence-electron chi connectivity index (χ4n) is 3.39. The van der Waals surface area contributed by atoms with Gasteiger partial charge in [0.2, 0.25) is 0 Å². The number of nitrogens with zero attached hydrogens (tertiary/aromatic N) is 1. The summed E-state index contributed by atoms with van der Waals surface area (Å²) in [5.74, 6) is -2.00. The first-order chi connectivity index (χ1) is 10.6. The standard InChI is InChI=1S/C17H25F2N3.2ClH/c18-17(19,14-8-11-20-12-14)9-2-1-5-15-7-6-13-4-3-10-21-16(13)22-15;;/h6-7,14,20H,1-5,8-12H2,(H,21,22);2*1H. The van der Waals surface area contributed by atoms with E-state index in [1.807, 2.05) is 6.07 Å². The van der Waals surface area contributed by atoms with Crippen molar-refractivity contribution >= 4 is 30.6 Å². The van der Waals surface area contributed by atoms with Gasteiger partial charge in [0.25, 0.3) is 5.92 Å². The van der Waals surface area contributed by atoms with E-state index < -0.39 is 11.8 Å². The van der Waals surface area contributed by atoms with Crippen LogP contribution in [0.5, 0.6) is 0 Å². The highest BCUT2D eigenvalue weighted by molar-refractivity contribution is 5.85. The van der Waals surface area contributed by atoms with Crippen molar-refractivity contribution in [2.24, 2.45) is 5.92 Å². The van der Waals surface area contributed by atoms with Crippen LogP contribution in [0.15, 0.2) is 12.1 Å². The Bertz CT molecular complexity index is 509. The minimum atomic E-state index is -2.52. The van der Waals surface area contributed by atoms with Gasteiger partial charge in [0.15, 0.2) is 0 Å². The SMILES string of the molecule is Cl.Cl.FC(F)(CCCCc1ccc2c(n1)NCCC2)C1CCNC1. The number of hydrogen-bond donors (Lipinski definition) is 2. The molecule has 3 rings (SSSR count). The number of alkyl halides is 2. The smallest absolute Gasteiger partial charge is 0.252 e. The van der Waals surface area contributed by atoms with Crippen LogP contribution in [0.1, 0.15) is 43.4 Å². The Hall–Kier alpha value is -0.650. The number of hydrogen-bond acceptors (Lipinski definition) is 3. The highest BCUT2D eigenvalue weighted by Gasteiger charge is 2.39. The monoisotopic (exact) mass is 381 g/mol. The van der Waals surface area contributed by atoms with Crippen molar-refractivity contribution in [3.05, 3.63) is 23.4 Å². The van der Waals surface area contributed by atoms with Gasteiger partial charge in [0, 0.05) is 31.1 Å². The van der Waals surface area contributed by atoms with Crippen molar-refractivity contribution in [2.45, 2.75) is 50.9 Å². The molecule has 3 heterocycles. The van der Waals surface area contributed by atoms with Crippen molar-refractivity contribution in [3.63, 3.8) is 0 Å². The summed E-state index contributed by atoms with van der Waals surface area (Å²) in [6.45, 7) is 2.17. The minimum Gasteiger partial charge on any atom is -0.370 e. The van der Waals surface area contributed by atoms with E-state index in [1.165, 1.54) is 5.56 Å². The maximum Gasteiger partial charge on any atom is 0.252 e. The molecular formula is C17H27Cl2F2N3. The first kappa shape index (κ1) is 21.4. The van der Waals surface area contributed by atoms with Gasteiger partial charge >= 0.3 is 0 Å². The molecule has 1 saturated heterocycles. The van der Waals surface area contributed by atoms with Gasteiger partial charge in [-0.05, 0) is 56.7 Å². The zero-order valence-corrected chi connectivity index (χ0v) is 15.5. The van der Waals surface area contributed by atoms with Gasteiger partial charge in [0.05, 0.1) is 0 Å². The van der Waals surface area contributed by atoms with E-state index in [-0.39, 0.29) is 31.2 Å². The van der Waals surface area contributed by atoms with Crippen molar-refractivity contribution in [3.8, 4) is 0 Å². The Morgan fingerprint density at radius 2 is 2.00 bits per heavy atom. The average molecular weight is 382 g/mol. The summed E-state index contributed by atoms with van der Waals surface area (Å²) in [6, 6.07) is 4.17. The molecular weight excluding hydrogens is 355 g/mol. The lowest BCUT2D eigenvalue weighted by Gasteiger charge is -2.22. The Morgan fingerprint density at radius 1 is 1.17 bits per heavy atom. The molecule has 2 aliphatic rings. The molecule has 0 spiro atoms. The molecule has 0 saturated carbocycles. The van der Waals surface area contributed by atoms with Gasteiger partial charge in [-0.3, -0.25) is 0 Å². The van der Waals surface area contributed by atoms with Crippen LogP contribution in [0.25, 0.3) is 0 Å². The number of nitrogens with one attached hydrogen (secondary N) is 2. The van der Waals surface area contributed by atoms with E-state index in [0.29, 0.717) is 19.4 Å². The predicted octanol–water partition coefficient (Wildman–Crippen LogP) is 4.24. The Balaban J connectivity index is 0.00000144. The molecule has 1 unspecified atom stereocenters. The molecule has 2 N–H and O–H groups in total. The zero-order chi connectivity index (χ0) is 15.4. The molecule has 0 amide bonds. The van der Waals surface area contributed by atoms with Crippen LogP contribution >= 0.6 is 24.8 Å². The van der Waals surface area contributed by atoms with Crippen LogP contribution in [0.2, 0.25) is 0 Å². The Kier molecular flexibility index (Phi) is 8.68. The number of pyridine rings is 1. The second-order valence-electron chi connectivity index (χ2n) is 6.50. The number of anilines is 1. The fraction of sp³-hybridized carbons (Fsp3) is 0.706. The fourth-order valence-corrected chi connectivity index (χ4v) is 3.39. The average Bonchev–Trinajstić information content (AvgIpc) is 3.07. The molecule has 1 aromatic rings. The maximum atomic E-state index is 14.0. The van der Waals surface area contributed by atoms with Crippen LogP contribution in [0.3, 0.4) is 0 Å². The van der Waals surface area contributed by atoms with E-state index in [9.17, 15) is 8.78 Å². The largest absolute Gasteiger partial charge is 0.370 e. The third kappa shape index (κ3) is 5.43. The normalized spacial score (nSPS) is 19.7. The lowest BCUT2D eigenvalue weighted by molar-refractivity contribution is -0.0597. The van der Waals surface area contributed by atoms with E-state index >= 15 is 0 Å². The summed E-state index contributed by atoms with van der Waals surface area (Å²) < 4.78 is 28.0. The van der Waals surface area contributed by atoms with Crippen molar-refractivity contribution in [1.29, 1.82) is 0 Å². The molecule has 1 fully saturated rings. The molecule has 1 aromatic heterocycles. The Morgan fingerprint density at radius 3 is 2.75 bits per heavy atom. The number of rotatable bonds is 6. The minimum absolute atomic E-state index is 0. The molecule has 0 aromatic carbocycles. The van der Waals surface area contributed by atoms with Gasteiger partial charge in [0.1, 0.15) is 5.82 Å². The quantitative estimate of drug-likeness (QED) is 0.723. The first-order valence-electron chi connectivity index (χ1n) is 8.46. The molecule has 7 heteroatoms. The summed E-state index contributed by atoms with van der Waals surface area (Å²) in [5, 5.41) is 6.34. The molecule has 0 radical (unpaired) electrons. The molecule has 24 heavy (non-hydrogen) atoms. The van der Waals surface area contributed by atoms with Gasteiger partial charge in [-0.1, -0.05) is 6.07 Å². The van der Waals surface area contributed by atoms with Gasteiger partial charge in [-0.25, -0.2) is 13.8 Å². The summed E-state index contributed by atoms with van der Waals surface area (Å²) in [6.07, 6.45) is 4.97. The van der Waals surface area contributed by atoms with Gasteiger partial charge in [-0.15, -0.1) is 24.8 Å². The third-order valence-corrected chi connectivity index (χ3v) is 4.80. The highest BCUT2D eigenvalue weighted by Crippen LogP contribution is 2.34. The van der Waals surface area contributed by atoms with E-state index in [0.717, 1.165) is 50.3 Å². The summed E-state index contributed by atoms with van der Waals surface area (Å²) >= 11 is 0. The number of unbranched alkanes of at least 4 members (excludes halogenated alkanes) is 1. The maximum absolute atomic E-state index is 14.0. The predicted molar refractivity (Wildman–Crippen MR) is 99.0 cm³/mol. The lowest BCUT2D eigenvalue weighted by atomic mass is 9.95. The Labute approximate surface area is 155 Å². The zero-order valence-electron chi connectivity index (χ0n) is 13.8. The number of fused-ring (bicyclic) bond motifs is 1. The van der Waals surface area contributed by atoms with Crippen molar-refractivity contribution in [1.82, 2.24) is 10.3 Å². The first-order valence-corrected chi connectivity index (χ1v) is 8.46. The number of aromatic nitrogens is 1.